The Morgan fingerprint density at radius 1 is 0.952 bits per heavy atom. The molecule has 1 heterocycles. The first-order valence-electron chi connectivity index (χ1n) is 14.5. The number of nitrogens with zero attached hydrogens (tertiary/aromatic N) is 3. The van der Waals surface area contributed by atoms with Gasteiger partial charge in [-0.05, 0) is 85.7 Å². The van der Waals surface area contributed by atoms with E-state index in [1.165, 1.54) is 12.1 Å². The quantitative estimate of drug-likeness (QED) is 0.246. The fourth-order valence-corrected chi connectivity index (χ4v) is 4.85. The van der Waals surface area contributed by atoms with E-state index in [9.17, 15) is 23.5 Å². The average Bonchev–Trinajstić information content (AvgIpc) is 2.96. The lowest BCUT2D eigenvalue weighted by Crippen LogP contribution is -2.51. The maximum Gasteiger partial charge on any atom is 0.254 e. The molecule has 0 saturated carbocycles. The van der Waals surface area contributed by atoms with Gasteiger partial charge >= 0.3 is 0 Å². The maximum atomic E-state index is 14.1. The number of hydrogen-bond acceptors (Lipinski definition) is 6. The van der Waals surface area contributed by atoms with Crippen LogP contribution in [0.3, 0.4) is 0 Å². The summed E-state index contributed by atoms with van der Waals surface area (Å²) in [5, 5.41) is 25.6. The molecule has 0 unspecified atom stereocenters. The van der Waals surface area contributed by atoms with E-state index < -0.39 is 23.8 Å². The molecule has 0 saturated heterocycles. The number of hydrogen-bond donors (Lipinski definition) is 3. The molecule has 3 aromatic rings. The topological polar surface area (TPSA) is 107 Å². The third-order valence-corrected chi connectivity index (χ3v) is 6.87. The Labute approximate surface area is 246 Å². The zero-order valence-corrected chi connectivity index (χ0v) is 24.8. The number of halogens is 2. The smallest absolute Gasteiger partial charge is 0.254 e. The van der Waals surface area contributed by atoms with Crippen LogP contribution < -0.4 is 10.6 Å². The maximum absolute atomic E-state index is 14.1. The lowest BCUT2D eigenvalue weighted by Gasteiger charge is -2.35. The molecule has 1 aromatic heterocycles. The van der Waals surface area contributed by atoms with E-state index in [1.54, 1.807) is 36.2 Å². The molecule has 2 atom stereocenters. The Morgan fingerprint density at radius 3 is 2.33 bits per heavy atom. The van der Waals surface area contributed by atoms with Crippen molar-refractivity contribution in [2.75, 3.05) is 19.6 Å². The first kappa shape index (κ1) is 32.8. The predicted octanol–water partition coefficient (Wildman–Crippen LogP) is 4.38. The lowest BCUT2D eigenvalue weighted by atomic mass is 9.97. The highest BCUT2D eigenvalue weighted by Gasteiger charge is 2.31. The predicted molar refractivity (Wildman–Crippen MR) is 158 cm³/mol. The largest absolute Gasteiger partial charge is 0.390 e. The van der Waals surface area contributed by atoms with Gasteiger partial charge < -0.3 is 20.6 Å². The first-order chi connectivity index (χ1) is 20.1. The van der Waals surface area contributed by atoms with Gasteiger partial charge in [0.05, 0.1) is 24.0 Å². The summed E-state index contributed by atoms with van der Waals surface area (Å²) in [6.45, 7) is 8.98. The summed E-state index contributed by atoms with van der Waals surface area (Å²) in [7, 11) is 0. The second-order valence-corrected chi connectivity index (χ2v) is 10.5. The number of aliphatic hydroxyl groups is 1. The van der Waals surface area contributed by atoms with Crippen molar-refractivity contribution in [2.24, 2.45) is 0 Å². The molecule has 3 rings (SSSR count). The van der Waals surface area contributed by atoms with Crippen LogP contribution in [0.4, 0.5) is 8.78 Å². The summed E-state index contributed by atoms with van der Waals surface area (Å²) in [6.07, 6.45) is 2.69. The molecule has 8 nitrogen and oxygen atoms in total. The molecular formula is C32H41F2N5O3. The van der Waals surface area contributed by atoms with Crippen LogP contribution in [0, 0.1) is 18.6 Å². The molecule has 42 heavy (non-hydrogen) atoms. The molecule has 0 spiro atoms. The van der Waals surface area contributed by atoms with E-state index in [4.69, 9.17) is 0 Å². The lowest BCUT2D eigenvalue weighted by molar-refractivity contribution is 0.0353. The zero-order valence-electron chi connectivity index (χ0n) is 24.8. The van der Waals surface area contributed by atoms with Crippen molar-refractivity contribution in [3.8, 4) is 0 Å². The standard InChI is InChI=1S/C32H41F2N5O3/c1-5-8-36-31(41)24-10-21(4)11-25(16-24)32(42)39(9-6-2)29(15-22-12-26(33)17-27(34)13-22)30(40)20-35-18-23-14-28(7-3)38-37-19-23/h10-14,16-17,19,29-30,35,40H,5-9,15,18,20H2,1-4H3,(H,36,41)/t29-,30+/m0/s1. The van der Waals surface area contributed by atoms with Crippen molar-refractivity contribution in [1.82, 2.24) is 25.7 Å². The monoisotopic (exact) mass is 581 g/mol. The van der Waals surface area contributed by atoms with Crippen molar-refractivity contribution >= 4 is 11.8 Å². The summed E-state index contributed by atoms with van der Waals surface area (Å²) in [5.41, 5.74) is 3.47. The highest BCUT2D eigenvalue weighted by atomic mass is 19.1. The van der Waals surface area contributed by atoms with E-state index in [0.29, 0.717) is 36.2 Å². The van der Waals surface area contributed by atoms with Crippen molar-refractivity contribution in [3.63, 3.8) is 0 Å². The molecule has 0 aliphatic rings. The van der Waals surface area contributed by atoms with Crippen LogP contribution >= 0.6 is 0 Å². The molecule has 3 N–H and O–H groups in total. The highest BCUT2D eigenvalue weighted by molar-refractivity contribution is 6.00. The normalized spacial score (nSPS) is 12.5. The summed E-state index contributed by atoms with van der Waals surface area (Å²) < 4.78 is 28.2. The van der Waals surface area contributed by atoms with Crippen LogP contribution in [0.1, 0.15) is 76.7 Å². The molecule has 226 valence electrons. The minimum absolute atomic E-state index is 0.0235. The second-order valence-electron chi connectivity index (χ2n) is 10.5. The van der Waals surface area contributed by atoms with Crippen LogP contribution in [-0.4, -0.2) is 63.8 Å². The van der Waals surface area contributed by atoms with Gasteiger partial charge in [0.2, 0.25) is 0 Å². The van der Waals surface area contributed by atoms with Crippen molar-refractivity contribution in [3.05, 3.63) is 93.8 Å². The first-order valence-corrected chi connectivity index (χ1v) is 14.5. The average molecular weight is 582 g/mol. The molecule has 10 heteroatoms. The molecule has 0 bridgehead atoms. The Bertz CT molecular complexity index is 1330. The molecule has 2 amide bonds. The molecule has 0 aliphatic heterocycles. The van der Waals surface area contributed by atoms with E-state index in [0.717, 1.165) is 35.7 Å². The van der Waals surface area contributed by atoms with E-state index in [2.05, 4.69) is 20.8 Å². The number of aromatic nitrogens is 2. The fourth-order valence-electron chi connectivity index (χ4n) is 4.85. The summed E-state index contributed by atoms with van der Waals surface area (Å²) in [5.74, 6) is -2.12. The van der Waals surface area contributed by atoms with Gasteiger partial charge in [-0.15, -0.1) is 0 Å². The molecule has 0 fully saturated rings. The summed E-state index contributed by atoms with van der Waals surface area (Å²) in [6, 6.07) is 9.29. The number of nitrogens with one attached hydrogen (secondary N) is 2. The fraction of sp³-hybridized carbons (Fsp3) is 0.438. The number of carbonyl (C=O) groups is 2. The number of aliphatic hydroxyl groups excluding tert-OH is 1. The van der Waals surface area contributed by atoms with E-state index in [-0.39, 0.29) is 31.3 Å². The third kappa shape index (κ3) is 9.39. The van der Waals surface area contributed by atoms with Gasteiger partial charge in [0.1, 0.15) is 11.6 Å². The number of rotatable bonds is 15. The third-order valence-electron chi connectivity index (χ3n) is 6.87. The number of carbonyl (C=O) groups excluding carboxylic acids is 2. The summed E-state index contributed by atoms with van der Waals surface area (Å²) in [4.78, 5) is 28.2. The minimum atomic E-state index is -1.08. The van der Waals surface area contributed by atoms with E-state index in [1.807, 2.05) is 26.8 Å². The van der Waals surface area contributed by atoms with Crippen LogP contribution in [0.5, 0.6) is 0 Å². The Hall–Kier alpha value is -3.76. The number of benzene rings is 2. The van der Waals surface area contributed by atoms with Gasteiger partial charge in [0.15, 0.2) is 0 Å². The Balaban J connectivity index is 1.91. The van der Waals surface area contributed by atoms with Gasteiger partial charge in [0.25, 0.3) is 11.8 Å². The molecule has 0 aliphatic carbocycles. The van der Waals surface area contributed by atoms with Crippen LogP contribution in [-0.2, 0) is 19.4 Å². The van der Waals surface area contributed by atoms with E-state index >= 15 is 0 Å². The van der Waals surface area contributed by atoms with Crippen LogP contribution in [0.25, 0.3) is 0 Å². The van der Waals surface area contributed by atoms with Crippen LogP contribution in [0.2, 0.25) is 0 Å². The minimum Gasteiger partial charge on any atom is -0.390 e. The van der Waals surface area contributed by atoms with Crippen LogP contribution in [0.15, 0.2) is 48.7 Å². The van der Waals surface area contributed by atoms with Gasteiger partial charge in [-0.25, -0.2) is 8.78 Å². The second kappa shape index (κ2) is 16.0. The molecule has 0 radical (unpaired) electrons. The van der Waals surface area contributed by atoms with Gasteiger partial charge in [0, 0.05) is 43.4 Å². The van der Waals surface area contributed by atoms with Gasteiger partial charge in [-0.1, -0.05) is 20.8 Å². The van der Waals surface area contributed by atoms with Crippen molar-refractivity contribution in [1.29, 1.82) is 0 Å². The zero-order chi connectivity index (χ0) is 30.6. The van der Waals surface area contributed by atoms with Gasteiger partial charge in [-0.2, -0.15) is 10.2 Å². The number of aryl methyl sites for hydroxylation is 2. The SMILES string of the molecule is CCCNC(=O)c1cc(C)cc(C(=O)N(CCC)[C@@H](Cc2cc(F)cc(F)c2)[C@H](O)CNCc2cnnc(CC)c2)c1. The molecular weight excluding hydrogens is 540 g/mol. The van der Waals surface area contributed by atoms with Gasteiger partial charge in [-0.3, -0.25) is 9.59 Å². The van der Waals surface area contributed by atoms with Crippen molar-refractivity contribution < 1.29 is 23.5 Å². The highest BCUT2D eigenvalue weighted by Crippen LogP contribution is 2.20. The summed E-state index contributed by atoms with van der Waals surface area (Å²) >= 11 is 0. The molecule has 2 aromatic carbocycles. The Morgan fingerprint density at radius 2 is 1.67 bits per heavy atom. The van der Waals surface area contributed by atoms with Crippen molar-refractivity contribution in [2.45, 2.75) is 72.1 Å². The Kier molecular flexibility index (Phi) is 12.5. The number of amides is 2.